The van der Waals surface area contributed by atoms with Gasteiger partial charge in [0.2, 0.25) is 0 Å². The van der Waals surface area contributed by atoms with Crippen molar-refractivity contribution < 1.29 is 14.8 Å². The van der Waals surface area contributed by atoms with Gasteiger partial charge in [-0.2, -0.15) is 5.10 Å². The molecule has 0 radical (unpaired) electrons. The highest BCUT2D eigenvalue weighted by Gasteiger charge is 2.26. The monoisotopic (exact) mass is 345 g/mol. The summed E-state index contributed by atoms with van der Waals surface area (Å²) in [7, 11) is 0. The van der Waals surface area contributed by atoms with Crippen LogP contribution in [0.2, 0.25) is 0 Å². The van der Waals surface area contributed by atoms with Gasteiger partial charge in [-0.15, -0.1) is 0 Å². The number of amides is 2. The first-order valence-corrected chi connectivity index (χ1v) is 8.06. The Kier molecular flexibility index (Phi) is 4.94. The van der Waals surface area contributed by atoms with Crippen LogP contribution in [0.4, 0.5) is 16.2 Å². The first-order chi connectivity index (χ1) is 12.1. The topological polar surface area (TPSA) is 122 Å². The molecule has 132 valence electrons. The summed E-state index contributed by atoms with van der Waals surface area (Å²) in [5.74, 6) is 0. The van der Waals surface area contributed by atoms with E-state index in [2.05, 4.69) is 15.7 Å². The number of nitrogens with zero attached hydrogens (tertiary/aromatic N) is 3. The highest BCUT2D eigenvalue weighted by atomic mass is 16.6. The Morgan fingerprint density at radius 2 is 2.24 bits per heavy atom. The molecule has 0 saturated carbocycles. The number of anilines is 1. The predicted octanol–water partition coefficient (Wildman–Crippen LogP) is 1.98. The molecule has 9 nitrogen and oxygen atoms in total. The number of hydrogen-bond donors (Lipinski definition) is 3. The fourth-order valence-electron chi connectivity index (χ4n) is 3.11. The second-order valence-corrected chi connectivity index (χ2v) is 5.81. The first kappa shape index (κ1) is 16.9. The Hall–Kier alpha value is -2.94. The van der Waals surface area contributed by atoms with E-state index >= 15 is 0 Å². The van der Waals surface area contributed by atoms with Crippen molar-refractivity contribution in [3.05, 3.63) is 51.8 Å². The third-order valence-corrected chi connectivity index (χ3v) is 4.23. The maximum absolute atomic E-state index is 12.3. The molecule has 0 saturated heterocycles. The van der Waals surface area contributed by atoms with E-state index < -0.39 is 11.0 Å². The molecule has 9 heteroatoms. The second kappa shape index (κ2) is 7.31. The van der Waals surface area contributed by atoms with Crippen LogP contribution < -0.4 is 10.6 Å². The van der Waals surface area contributed by atoms with Crippen LogP contribution in [0.3, 0.4) is 0 Å². The van der Waals surface area contributed by atoms with Gasteiger partial charge < -0.3 is 15.7 Å². The van der Waals surface area contributed by atoms with Gasteiger partial charge in [0.15, 0.2) is 0 Å². The van der Waals surface area contributed by atoms with E-state index in [-0.39, 0.29) is 24.0 Å². The maximum Gasteiger partial charge on any atom is 0.319 e. The first-order valence-electron chi connectivity index (χ1n) is 8.06. The lowest BCUT2D eigenvalue weighted by Gasteiger charge is -2.24. The van der Waals surface area contributed by atoms with Crippen LogP contribution in [0.25, 0.3) is 0 Å². The Balaban J connectivity index is 1.72. The Morgan fingerprint density at radius 1 is 1.44 bits per heavy atom. The lowest BCUT2D eigenvalue weighted by Crippen LogP contribution is -2.34. The molecule has 1 aromatic carbocycles. The molecule has 25 heavy (non-hydrogen) atoms. The van der Waals surface area contributed by atoms with Crippen molar-refractivity contribution >= 4 is 17.4 Å². The number of nitrogens with one attached hydrogen (secondary N) is 2. The van der Waals surface area contributed by atoms with Gasteiger partial charge in [-0.05, 0) is 25.3 Å². The minimum absolute atomic E-state index is 0.00434. The molecule has 0 spiro atoms. The van der Waals surface area contributed by atoms with Gasteiger partial charge in [-0.3, -0.25) is 14.8 Å². The van der Waals surface area contributed by atoms with E-state index in [1.165, 1.54) is 12.1 Å². The molecule has 3 N–H and O–H groups in total. The number of para-hydroxylation sites is 2. The van der Waals surface area contributed by atoms with Gasteiger partial charge in [0.05, 0.1) is 30.3 Å². The molecule has 0 bridgehead atoms. The summed E-state index contributed by atoms with van der Waals surface area (Å²) < 4.78 is 1.75. The molecule has 2 aromatic rings. The molecule has 2 amide bonds. The van der Waals surface area contributed by atoms with Gasteiger partial charge >= 0.3 is 6.03 Å². The summed E-state index contributed by atoms with van der Waals surface area (Å²) >= 11 is 0. The highest BCUT2D eigenvalue weighted by molar-refractivity contribution is 5.92. The SMILES string of the molecule is O=C(Nc1ccccc1[N+](=O)[O-])N[C@H]1CCCc2c1cnn2CCO. The zero-order chi connectivity index (χ0) is 17.8. The Labute approximate surface area is 143 Å². The van der Waals surface area contributed by atoms with E-state index in [9.17, 15) is 14.9 Å². The third kappa shape index (κ3) is 3.61. The number of fused-ring (bicyclic) bond motifs is 1. The third-order valence-electron chi connectivity index (χ3n) is 4.23. The predicted molar refractivity (Wildman–Crippen MR) is 90.2 cm³/mol. The van der Waals surface area contributed by atoms with Crippen molar-refractivity contribution in [1.82, 2.24) is 15.1 Å². The zero-order valence-electron chi connectivity index (χ0n) is 13.5. The number of aliphatic hydroxyl groups is 1. The molecular formula is C16H19N5O4. The van der Waals surface area contributed by atoms with Crippen molar-refractivity contribution in [2.75, 3.05) is 11.9 Å². The smallest absolute Gasteiger partial charge is 0.319 e. The maximum atomic E-state index is 12.3. The number of benzene rings is 1. The largest absolute Gasteiger partial charge is 0.394 e. The molecular weight excluding hydrogens is 326 g/mol. The van der Waals surface area contributed by atoms with Crippen LogP contribution in [0.15, 0.2) is 30.5 Å². The average molecular weight is 345 g/mol. The zero-order valence-corrected chi connectivity index (χ0v) is 13.5. The van der Waals surface area contributed by atoms with E-state index in [0.717, 1.165) is 30.5 Å². The molecule has 3 rings (SSSR count). The molecule has 0 aliphatic heterocycles. The standard InChI is InChI=1S/C16H19N5O4/c22-9-8-20-14-7-3-5-12(11(14)10-17-20)18-16(23)19-13-4-1-2-6-15(13)21(24)25/h1-2,4,6,10,12,22H,3,5,7-9H2,(H2,18,19,23)/t12-/m0/s1. The van der Waals surface area contributed by atoms with E-state index in [1.54, 1.807) is 23.0 Å². The number of carbonyl (C=O) groups is 1. The molecule has 1 heterocycles. The van der Waals surface area contributed by atoms with Crippen molar-refractivity contribution in [2.24, 2.45) is 0 Å². The molecule has 1 aliphatic rings. The van der Waals surface area contributed by atoms with Gasteiger partial charge in [0, 0.05) is 17.3 Å². The number of aromatic nitrogens is 2. The average Bonchev–Trinajstić information content (AvgIpc) is 3.00. The Morgan fingerprint density at radius 3 is 3.00 bits per heavy atom. The summed E-state index contributed by atoms with van der Waals surface area (Å²) in [6.07, 6.45) is 4.21. The minimum Gasteiger partial charge on any atom is -0.394 e. The summed E-state index contributed by atoms with van der Waals surface area (Å²) in [6, 6.07) is 5.29. The van der Waals surface area contributed by atoms with Gasteiger partial charge in [-0.1, -0.05) is 12.1 Å². The van der Waals surface area contributed by atoms with Crippen molar-refractivity contribution in [1.29, 1.82) is 0 Å². The summed E-state index contributed by atoms with van der Waals surface area (Å²) in [4.78, 5) is 22.8. The minimum atomic E-state index is -0.534. The summed E-state index contributed by atoms with van der Waals surface area (Å²) in [6.45, 7) is 0.425. The summed E-state index contributed by atoms with van der Waals surface area (Å²) in [5, 5.41) is 29.8. The molecule has 1 aromatic heterocycles. The van der Waals surface area contributed by atoms with Crippen LogP contribution >= 0.6 is 0 Å². The van der Waals surface area contributed by atoms with Gasteiger partial charge in [-0.25, -0.2) is 4.79 Å². The van der Waals surface area contributed by atoms with Crippen LogP contribution in [-0.2, 0) is 13.0 Å². The number of aliphatic hydroxyl groups excluding tert-OH is 1. The van der Waals surface area contributed by atoms with Crippen LogP contribution in [0.1, 0.15) is 30.1 Å². The van der Waals surface area contributed by atoms with Gasteiger partial charge in [0.25, 0.3) is 5.69 Å². The molecule has 0 fully saturated rings. The lowest BCUT2D eigenvalue weighted by molar-refractivity contribution is -0.383. The molecule has 0 unspecified atom stereocenters. The second-order valence-electron chi connectivity index (χ2n) is 5.81. The normalized spacial score (nSPS) is 16.1. The number of hydrogen-bond acceptors (Lipinski definition) is 5. The lowest BCUT2D eigenvalue weighted by atomic mass is 9.93. The van der Waals surface area contributed by atoms with Crippen LogP contribution in [0, 0.1) is 10.1 Å². The highest BCUT2D eigenvalue weighted by Crippen LogP contribution is 2.30. The van der Waals surface area contributed by atoms with Crippen molar-refractivity contribution in [3.8, 4) is 0 Å². The quantitative estimate of drug-likeness (QED) is 0.565. The van der Waals surface area contributed by atoms with Crippen LogP contribution in [0.5, 0.6) is 0 Å². The van der Waals surface area contributed by atoms with Crippen LogP contribution in [-0.4, -0.2) is 32.4 Å². The Bertz CT molecular complexity index is 789. The number of carbonyl (C=O) groups excluding carboxylic acids is 1. The number of rotatable bonds is 5. The van der Waals surface area contributed by atoms with E-state index in [1.807, 2.05) is 0 Å². The van der Waals surface area contributed by atoms with Gasteiger partial charge in [0.1, 0.15) is 5.69 Å². The van der Waals surface area contributed by atoms with Crippen molar-refractivity contribution in [3.63, 3.8) is 0 Å². The summed E-state index contributed by atoms with van der Waals surface area (Å²) in [5.41, 5.74) is 1.93. The fraction of sp³-hybridized carbons (Fsp3) is 0.375. The van der Waals surface area contributed by atoms with E-state index in [4.69, 9.17) is 5.11 Å². The number of nitro groups is 1. The molecule has 1 atom stereocenters. The number of urea groups is 1. The van der Waals surface area contributed by atoms with Crippen molar-refractivity contribution in [2.45, 2.75) is 31.8 Å². The fourth-order valence-corrected chi connectivity index (χ4v) is 3.11. The molecule has 1 aliphatic carbocycles. The number of nitro benzene ring substituents is 1. The van der Waals surface area contributed by atoms with E-state index in [0.29, 0.717) is 6.54 Å².